The Labute approximate surface area is 101 Å². The second-order valence-corrected chi connectivity index (χ2v) is 5.99. The van der Waals surface area contributed by atoms with Gasteiger partial charge in [0.25, 0.3) is 0 Å². The first-order valence-electron chi connectivity index (χ1n) is 6.23. The van der Waals surface area contributed by atoms with E-state index in [4.69, 9.17) is 14.3 Å². The van der Waals surface area contributed by atoms with Gasteiger partial charge in [0.15, 0.2) is 0 Å². The lowest BCUT2D eigenvalue weighted by Gasteiger charge is -2.29. The van der Waals surface area contributed by atoms with Gasteiger partial charge < -0.3 is 9.47 Å². The molecule has 0 unspecified atom stereocenters. The fraction of sp³-hybridized carbons (Fsp3) is 0.917. The molecule has 0 bridgehead atoms. The SMILES string of the molecule is CC(C)(C)O[C@H]1CCN2O[C@@H]3COC(=O)[C@@H]3[C@H]12. The lowest BCUT2D eigenvalue weighted by atomic mass is 9.93. The third kappa shape index (κ3) is 1.86. The number of carbonyl (C=O) groups is 1. The average Bonchev–Trinajstić information content (AvgIpc) is 2.80. The summed E-state index contributed by atoms with van der Waals surface area (Å²) in [5.41, 5.74) is -0.193. The normalized spacial score (nSPS) is 41.5. The smallest absolute Gasteiger partial charge is 0.313 e. The van der Waals surface area contributed by atoms with Crippen LogP contribution in [0.1, 0.15) is 27.2 Å². The molecule has 4 atom stereocenters. The van der Waals surface area contributed by atoms with Gasteiger partial charge in [-0.2, -0.15) is 5.06 Å². The lowest BCUT2D eigenvalue weighted by molar-refractivity contribution is -0.172. The van der Waals surface area contributed by atoms with Crippen LogP contribution >= 0.6 is 0 Å². The molecule has 5 nitrogen and oxygen atoms in total. The van der Waals surface area contributed by atoms with Crippen LogP contribution in [0.3, 0.4) is 0 Å². The minimum absolute atomic E-state index is 0.0363. The molecule has 0 radical (unpaired) electrons. The molecule has 3 saturated heterocycles. The molecule has 3 fully saturated rings. The molecule has 5 heteroatoms. The Morgan fingerprint density at radius 2 is 2.18 bits per heavy atom. The van der Waals surface area contributed by atoms with E-state index >= 15 is 0 Å². The molecule has 0 aromatic rings. The quantitative estimate of drug-likeness (QED) is 0.633. The molecule has 0 aromatic carbocycles. The topological polar surface area (TPSA) is 48.0 Å². The molecule has 3 aliphatic rings. The molecule has 3 heterocycles. The van der Waals surface area contributed by atoms with Crippen LogP contribution in [0.25, 0.3) is 0 Å². The summed E-state index contributed by atoms with van der Waals surface area (Å²) in [6.07, 6.45) is 0.882. The summed E-state index contributed by atoms with van der Waals surface area (Å²) in [7, 11) is 0. The number of ether oxygens (including phenoxy) is 2. The van der Waals surface area contributed by atoms with Gasteiger partial charge in [-0.25, -0.2) is 0 Å². The van der Waals surface area contributed by atoms with Gasteiger partial charge in [-0.15, -0.1) is 0 Å². The molecule has 17 heavy (non-hydrogen) atoms. The maximum Gasteiger partial charge on any atom is 0.313 e. The Morgan fingerprint density at radius 1 is 1.41 bits per heavy atom. The van der Waals surface area contributed by atoms with Crippen LogP contribution in [0.2, 0.25) is 0 Å². The summed E-state index contributed by atoms with van der Waals surface area (Å²) < 4.78 is 11.1. The molecule has 3 rings (SSSR count). The van der Waals surface area contributed by atoms with E-state index in [2.05, 4.69) is 0 Å². The largest absolute Gasteiger partial charge is 0.462 e. The molecular formula is C12H19NO4. The number of hydrogen-bond donors (Lipinski definition) is 0. The van der Waals surface area contributed by atoms with E-state index in [1.807, 2.05) is 25.8 Å². The highest BCUT2D eigenvalue weighted by atomic mass is 16.7. The van der Waals surface area contributed by atoms with Crippen molar-refractivity contribution in [1.82, 2.24) is 5.06 Å². The molecule has 3 aliphatic heterocycles. The third-order valence-electron chi connectivity index (χ3n) is 3.55. The zero-order valence-electron chi connectivity index (χ0n) is 10.5. The highest BCUT2D eigenvalue weighted by Gasteiger charge is 2.58. The van der Waals surface area contributed by atoms with Gasteiger partial charge in [-0.1, -0.05) is 0 Å². The molecule has 96 valence electrons. The molecule has 0 saturated carbocycles. The van der Waals surface area contributed by atoms with Crippen LogP contribution < -0.4 is 0 Å². The van der Waals surface area contributed by atoms with Crippen molar-refractivity contribution in [1.29, 1.82) is 0 Å². The van der Waals surface area contributed by atoms with Crippen LogP contribution in [-0.2, 0) is 19.1 Å². The molecular weight excluding hydrogens is 222 g/mol. The first kappa shape index (κ1) is 11.4. The van der Waals surface area contributed by atoms with Gasteiger partial charge in [0.1, 0.15) is 18.6 Å². The number of fused-ring (bicyclic) bond motifs is 3. The van der Waals surface area contributed by atoms with Gasteiger partial charge in [-0.3, -0.25) is 9.63 Å². The summed E-state index contributed by atoms with van der Waals surface area (Å²) in [4.78, 5) is 17.5. The van der Waals surface area contributed by atoms with Crippen LogP contribution in [0.4, 0.5) is 0 Å². The molecule has 0 amide bonds. The number of rotatable bonds is 1. The Hall–Kier alpha value is -0.650. The predicted molar refractivity (Wildman–Crippen MR) is 59.1 cm³/mol. The maximum atomic E-state index is 11.7. The molecule has 0 spiro atoms. The van der Waals surface area contributed by atoms with Crippen LogP contribution in [-0.4, -0.2) is 48.0 Å². The van der Waals surface area contributed by atoms with E-state index in [-0.39, 0.29) is 35.7 Å². The van der Waals surface area contributed by atoms with E-state index in [9.17, 15) is 4.79 Å². The van der Waals surface area contributed by atoms with Crippen molar-refractivity contribution < 1.29 is 19.1 Å². The van der Waals surface area contributed by atoms with E-state index in [1.54, 1.807) is 0 Å². The van der Waals surface area contributed by atoms with Crippen molar-refractivity contribution in [2.45, 2.75) is 51.0 Å². The Kier molecular flexibility index (Phi) is 2.47. The van der Waals surface area contributed by atoms with Gasteiger partial charge >= 0.3 is 5.97 Å². The van der Waals surface area contributed by atoms with Crippen molar-refractivity contribution in [2.24, 2.45) is 5.92 Å². The number of nitrogens with zero attached hydrogens (tertiary/aromatic N) is 1. The highest BCUT2D eigenvalue weighted by Crippen LogP contribution is 2.41. The standard InChI is InChI=1S/C12H19NO4/c1-12(2,3)16-7-4-5-13-10(7)9-8(17-13)6-15-11(9)14/h7-10H,4-6H2,1-3H3/t7-,8+,9-,10-/m0/s1. The van der Waals surface area contributed by atoms with Crippen molar-refractivity contribution in [3.63, 3.8) is 0 Å². The van der Waals surface area contributed by atoms with Gasteiger partial charge in [0.05, 0.1) is 17.7 Å². The lowest BCUT2D eigenvalue weighted by Crippen LogP contribution is -2.41. The van der Waals surface area contributed by atoms with Crippen molar-refractivity contribution >= 4 is 5.97 Å². The number of hydroxylamine groups is 2. The van der Waals surface area contributed by atoms with Crippen molar-refractivity contribution in [2.75, 3.05) is 13.2 Å². The zero-order valence-corrected chi connectivity index (χ0v) is 10.5. The number of carbonyl (C=O) groups excluding carboxylic acids is 1. The Balaban J connectivity index is 1.78. The van der Waals surface area contributed by atoms with E-state index < -0.39 is 0 Å². The highest BCUT2D eigenvalue weighted by molar-refractivity contribution is 5.76. The van der Waals surface area contributed by atoms with Crippen molar-refractivity contribution in [3.8, 4) is 0 Å². The second kappa shape index (κ2) is 3.67. The van der Waals surface area contributed by atoms with Gasteiger partial charge in [0, 0.05) is 6.54 Å². The third-order valence-corrected chi connectivity index (χ3v) is 3.55. The number of hydrogen-bond acceptors (Lipinski definition) is 5. The van der Waals surface area contributed by atoms with Crippen LogP contribution in [0.5, 0.6) is 0 Å². The maximum absolute atomic E-state index is 11.7. The fourth-order valence-corrected chi connectivity index (χ4v) is 3.02. The monoisotopic (exact) mass is 241 g/mol. The minimum atomic E-state index is -0.193. The second-order valence-electron chi connectivity index (χ2n) is 5.99. The van der Waals surface area contributed by atoms with Crippen molar-refractivity contribution in [3.05, 3.63) is 0 Å². The predicted octanol–water partition coefficient (Wildman–Crippen LogP) is 0.731. The summed E-state index contributed by atoms with van der Waals surface area (Å²) >= 11 is 0. The zero-order chi connectivity index (χ0) is 12.2. The Morgan fingerprint density at radius 3 is 2.88 bits per heavy atom. The summed E-state index contributed by atoms with van der Waals surface area (Å²) in [6.45, 7) is 7.34. The van der Waals surface area contributed by atoms with E-state index in [1.165, 1.54) is 0 Å². The molecule has 0 aromatic heterocycles. The number of esters is 1. The first-order chi connectivity index (χ1) is 7.96. The average molecular weight is 241 g/mol. The fourth-order valence-electron chi connectivity index (χ4n) is 3.02. The molecule has 0 aliphatic carbocycles. The summed E-state index contributed by atoms with van der Waals surface area (Å²) in [5, 5.41) is 1.92. The summed E-state index contributed by atoms with van der Waals surface area (Å²) in [6, 6.07) is 0.0363. The first-order valence-corrected chi connectivity index (χ1v) is 6.23. The van der Waals surface area contributed by atoms with E-state index in [0.717, 1.165) is 13.0 Å². The number of cyclic esters (lactones) is 1. The molecule has 0 N–H and O–H groups in total. The van der Waals surface area contributed by atoms with E-state index in [0.29, 0.717) is 6.61 Å². The minimum Gasteiger partial charge on any atom is -0.462 e. The van der Waals surface area contributed by atoms with Crippen LogP contribution in [0, 0.1) is 5.92 Å². The van der Waals surface area contributed by atoms with Gasteiger partial charge in [-0.05, 0) is 27.2 Å². The Bertz CT molecular complexity index is 338. The summed E-state index contributed by atoms with van der Waals surface area (Å²) in [5.74, 6) is -0.295. The van der Waals surface area contributed by atoms with Crippen LogP contribution in [0.15, 0.2) is 0 Å². The van der Waals surface area contributed by atoms with Gasteiger partial charge in [0.2, 0.25) is 0 Å².